The molecule has 0 spiro atoms. The summed E-state index contributed by atoms with van der Waals surface area (Å²) in [6.45, 7) is 2.09. The lowest BCUT2D eigenvalue weighted by molar-refractivity contribution is -0.385. The Morgan fingerprint density at radius 3 is 2.44 bits per heavy atom. The van der Waals surface area contributed by atoms with Gasteiger partial charge in [-0.2, -0.15) is 0 Å². The van der Waals surface area contributed by atoms with Gasteiger partial charge in [-0.3, -0.25) is 14.9 Å². The number of nitro benzene ring substituents is 1. The maximum atomic E-state index is 12.6. The van der Waals surface area contributed by atoms with E-state index >= 15 is 0 Å². The minimum Gasteiger partial charge on any atom is -0.490 e. The van der Waals surface area contributed by atoms with Gasteiger partial charge < -0.3 is 14.8 Å². The molecule has 8 nitrogen and oxygen atoms in total. The molecule has 8 heteroatoms. The predicted octanol–water partition coefficient (Wildman–Crippen LogP) is 2.46. The minimum atomic E-state index is -1.09. The topological polar surface area (TPSA) is 108 Å². The predicted molar refractivity (Wildman–Crippen MR) is 89.5 cm³/mol. The maximum Gasteiger partial charge on any atom is 0.331 e. The van der Waals surface area contributed by atoms with Crippen LogP contribution < -0.4 is 10.1 Å². The number of methoxy groups -OCH3 is 2. The van der Waals surface area contributed by atoms with Crippen molar-refractivity contribution in [1.82, 2.24) is 5.32 Å². The zero-order chi connectivity index (χ0) is 18.6. The number of nitro groups is 1. The van der Waals surface area contributed by atoms with Crippen molar-refractivity contribution in [2.75, 3.05) is 14.2 Å². The third kappa shape index (κ3) is 3.89. The van der Waals surface area contributed by atoms with Gasteiger partial charge in [0.15, 0.2) is 5.75 Å². The smallest absolute Gasteiger partial charge is 0.331 e. The van der Waals surface area contributed by atoms with Crippen LogP contribution in [0.1, 0.15) is 43.0 Å². The van der Waals surface area contributed by atoms with Gasteiger partial charge in [0.2, 0.25) is 0 Å². The quantitative estimate of drug-likeness (QED) is 0.496. The standard InChI is InChI=1S/C17H22N2O6/c1-11-6-8-17(9-7-11,16(21)25-3)18-15(20)12-4-5-14(24-2)13(10-12)19(22)23/h4-5,10-11H,6-9H2,1-3H3,(H,18,20). The summed E-state index contributed by atoms with van der Waals surface area (Å²) in [6.07, 6.45) is 2.53. The first-order chi connectivity index (χ1) is 11.8. The minimum absolute atomic E-state index is 0.0655. The molecule has 1 N–H and O–H groups in total. The van der Waals surface area contributed by atoms with Crippen molar-refractivity contribution < 1.29 is 24.0 Å². The SMILES string of the molecule is COC(=O)C1(NC(=O)c2ccc(OC)c([N+](=O)[O-])c2)CCC(C)CC1. The van der Waals surface area contributed by atoms with E-state index in [0.29, 0.717) is 18.8 Å². The van der Waals surface area contributed by atoms with Crippen LogP contribution in [0.4, 0.5) is 5.69 Å². The van der Waals surface area contributed by atoms with E-state index in [1.165, 1.54) is 26.4 Å². The van der Waals surface area contributed by atoms with E-state index in [2.05, 4.69) is 12.2 Å². The Kier molecular flexibility index (Phi) is 5.61. The number of benzene rings is 1. The van der Waals surface area contributed by atoms with Crippen LogP contribution in [0, 0.1) is 16.0 Å². The first-order valence-corrected chi connectivity index (χ1v) is 8.06. The van der Waals surface area contributed by atoms with Crippen molar-refractivity contribution >= 4 is 17.6 Å². The lowest BCUT2D eigenvalue weighted by Crippen LogP contribution is -2.56. The molecule has 25 heavy (non-hydrogen) atoms. The molecule has 0 aliphatic heterocycles. The second-order valence-corrected chi connectivity index (χ2v) is 6.35. The summed E-state index contributed by atoms with van der Waals surface area (Å²) in [7, 11) is 2.60. The third-order valence-corrected chi connectivity index (χ3v) is 4.69. The third-order valence-electron chi connectivity index (χ3n) is 4.69. The highest BCUT2D eigenvalue weighted by Crippen LogP contribution is 2.34. The van der Waals surface area contributed by atoms with Crippen LogP contribution in [0.15, 0.2) is 18.2 Å². The molecule has 0 aromatic heterocycles. The number of hydrogen-bond donors (Lipinski definition) is 1. The molecule has 0 bridgehead atoms. The van der Waals surface area contributed by atoms with E-state index in [1.807, 2.05) is 0 Å². The molecule has 1 amide bonds. The van der Waals surface area contributed by atoms with Crippen LogP contribution in [0.25, 0.3) is 0 Å². The molecule has 2 rings (SSSR count). The van der Waals surface area contributed by atoms with Crippen LogP contribution in [0.5, 0.6) is 5.75 Å². The van der Waals surface area contributed by atoms with E-state index in [-0.39, 0.29) is 17.0 Å². The number of carbonyl (C=O) groups excluding carboxylic acids is 2. The zero-order valence-electron chi connectivity index (χ0n) is 14.5. The molecule has 0 saturated heterocycles. The molecule has 1 aliphatic rings. The highest BCUT2D eigenvalue weighted by Gasteiger charge is 2.43. The molecule has 1 aromatic rings. The van der Waals surface area contributed by atoms with Crippen molar-refractivity contribution in [2.45, 2.75) is 38.1 Å². The summed E-state index contributed by atoms with van der Waals surface area (Å²) in [5, 5.41) is 13.9. The summed E-state index contributed by atoms with van der Waals surface area (Å²) < 4.78 is 9.81. The first kappa shape index (κ1) is 18.7. The Morgan fingerprint density at radius 2 is 1.92 bits per heavy atom. The monoisotopic (exact) mass is 350 g/mol. The summed E-state index contributed by atoms with van der Waals surface area (Å²) in [5.41, 5.74) is -1.30. The molecule has 0 heterocycles. The fraction of sp³-hybridized carbons (Fsp3) is 0.529. The van der Waals surface area contributed by atoms with Crippen molar-refractivity contribution in [3.05, 3.63) is 33.9 Å². The second-order valence-electron chi connectivity index (χ2n) is 6.35. The molecule has 0 radical (unpaired) electrons. The zero-order valence-corrected chi connectivity index (χ0v) is 14.5. The Hall–Kier alpha value is -2.64. The second kappa shape index (κ2) is 7.50. The van der Waals surface area contributed by atoms with Gasteiger partial charge in [0.25, 0.3) is 5.91 Å². The lowest BCUT2D eigenvalue weighted by atomic mass is 9.77. The van der Waals surface area contributed by atoms with Crippen molar-refractivity contribution in [3.8, 4) is 5.75 Å². The van der Waals surface area contributed by atoms with E-state index in [9.17, 15) is 19.7 Å². The summed E-state index contributed by atoms with van der Waals surface area (Å²) in [4.78, 5) is 35.4. The van der Waals surface area contributed by atoms with E-state index < -0.39 is 22.3 Å². The van der Waals surface area contributed by atoms with E-state index in [4.69, 9.17) is 9.47 Å². The van der Waals surface area contributed by atoms with Crippen LogP contribution in [-0.2, 0) is 9.53 Å². The molecule has 1 saturated carbocycles. The van der Waals surface area contributed by atoms with Gasteiger partial charge in [0, 0.05) is 11.6 Å². The highest BCUT2D eigenvalue weighted by molar-refractivity contribution is 5.99. The number of carbonyl (C=O) groups is 2. The van der Waals surface area contributed by atoms with Gasteiger partial charge in [-0.15, -0.1) is 0 Å². The lowest BCUT2D eigenvalue weighted by Gasteiger charge is -2.37. The molecule has 0 atom stereocenters. The molecule has 1 aliphatic carbocycles. The first-order valence-electron chi connectivity index (χ1n) is 8.06. The van der Waals surface area contributed by atoms with Gasteiger partial charge in [-0.05, 0) is 43.7 Å². The fourth-order valence-electron chi connectivity index (χ4n) is 3.09. The summed E-state index contributed by atoms with van der Waals surface area (Å²) in [5.74, 6) is -0.506. The number of amides is 1. The molecule has 1 aromatic carbocycles. The molecule has 0 unspecified atom stereocenters. The van der Waals surface area contributed by atoms with Crippen molar-refractivity contribution in [3.63, 3.8) is 0 Å². The van der Waals surface area contributed by atoms with Gasteiger partial charge in [-0.25, -0.2) is 4.79 Å². The number of esters is 1. The highest BCUT2D eigenvalue weighted by atomic mass is 16.6. The molecule has 136 valence electrons. The Labute approximate surface area is 145 Å². The van der Waals surface area contributed by atoms with Crippen LogP contribution >= 0.6 is 0 Å². The van der Waals surface area contributed by atoms with Gasteiger partial charge in [-0.1, -0.05) is 6.92 Å². The van der Waals surface area contributed by atoms with Gasteiger partial charge in [0.05, 0.1) is 19.1 Å². The molecule has 1 fully saturated rings. The largest absolute Gasteiger partial charge is 0.490 e. The number of ether oxygens (including phenoxy) is 2. The van der Waals surface area contributed by atoms with Crippen molar-refractivity contribution in [2.24, 2.45) is 5.92 Å². The fourth-order valence-corrected chi connectivity index (χ4v) is 3.09. The number of nitrogens with one attached hydrogen (secondary N) is 1. The van der Waals surface area contributed by atoms with Gasteiger partial charge in [0.1, 0.15) is 5.54 Å². The van der Waals surface area contributed by atoms with E-state index in [0.717, 1.165) is 18.9 Å². The average molecular weight is 350 g/mol. The Bertz CT molecular complexity index is 680. The van der Waals surface area contributed by atoms with Crippen LogP contribution in [0.3, 0.4) is 0 Å². The van der Waals surface area contributed by atoms with Crippen molar-refractivity contribution in [1.29, 1.82) is 0 Å². The van der Waals surface area contributed by atoms with Crippen LogP contribution in [-0.4, -0.2) is 36.6 Å². The van der Waals surface area contributed by atoms with Crippen LogP contribution in [0.2, 0.25) is 0 Å². The Balaban J connectivity index is 2.28. The summed E-state index contributed by atoms with van der Waals surface area (Å²) >= 11 is 0. The summed E-state index contributed by atoms with van der Waals surface area (Å²) in [6, 6.07) is 3.93. The molecular formula is C17H22N2O6. The number of rotatable bonds is 5. The van der Waals surface area contributed by atoms with Gasteiger partial charge >= 0.3 is 11.7 Å². The number of nitrogens with zero attached hydrogens (tertiary/aromatic N) is 1. The Morgan fingerprint density at radius 1 is 1.28 bits per heavy atom. The average Bonchev–Trinajstić information content (AvgIpc) is 2.62. The van der Waals surface area contributed by atoms with E-state index in [1.54, 1.807) is 0 Å². The maximum absolute atomic E-state index is 12.6. The number of hydrogen-bond acceptors (Lipinski definition) is 6. The molecular weight excluding hydrogens is 328 g/mol. The normalized spacial score (nSPS) is 22.8.